The van der Waals surface area contributed by atoms with Crippen molar-refractivity contribution < 1.29 is 23.0 Å². The third-order valence-corrected chi connectivity index (χ3v) is 3.99. The Kier molecular flexibility index (Phi) is 6.91. The van der Waals surface area contributed by atoms with Crippen LogP contribution in [0.15, 0.2) is 48.5 Å². The van der Waals surface area contributed by atoms with Gasteiger partial charge in [0.25, 0.3) is 0 Å². The van der Waals surface area contributed by atoms with E-state index in [1.807, 2.05) is 24.1 Å². The van der Waals surface area contributed by atoms with Crippen LogP contribution in [-0.2, 0) is 11.3 Å². The number of carbonyl (C=O) groups is 1. The molecule has 140 valence electrons. The second kappa shape index (κ2) is 9.15. The summed E-state index contributed by atoms with van der Waals surface area (Å²) in [5.41, 5.74) is 1.49. The van der Waals surface area contributed by atoms with E-state index in [4.69, 9.17) is 4.74 Å². The second-order valence-corrected chi connectivity index (χ2v) is 5.80. The maximum atomic E-state index is 12.5. The van der Waals surface area contributed by atoms with Crippen molar-refractivity contribution in [2.75, 3.05) is 19.5 Å². The quantitative estimate of drug-likeness (QED) is 0.775. The number of ether oxygens (including phenoxy) is 2. The molecule has 0 heterocycles. The molecule has 0 aromatic heterocycles. The number of benzene rings is 2. The molecule has 0 aliphatic rings. The Balaban J connectivity index is 1.95. The minimum Gasteiger partial charge on any atom is -0.495 e. The van der Waals surface area contributed by atoms with Gasteiger partial charge in [0.2, 0.25) is 5.91 Å². The average molecular weight is 364 g/mol. The number of halogens is 2. The first kappa shape index (κ1) is 19.7. The highest BCUT2D eigenvalue weighted by molar-refractivity contribution is 5.95. The van der Waals surface area contributed by atoms with E-state index in [2.05, 4.69) is 10.1 Å². The topological polar surface area (TPSA) is 50.8 Å². The number of para-hydroxylation sites is 2. The smallest absolute Gasteiger partial charge is 0.387 e. The lowest BCUT2D eigenvalue weighted by molar-refractivity contribution is -0.120. The van der Waals surface area contributed by atoms with Gasteiger partial charge in [-0.15, -0.1) is 0 Å². The van der Waals surface area contributed by atoms with Crippen molar-refractivity contribution in [3.8, 4) is 11.5 Å². The van der Waals surface area contributed by atoms with Crippen molar-refractivity contribution in [2.24, 2.45) is 0 Å². The number of hydrogen-bond donors (Lipinski definition) is 1. The van der Waals surface area contributed by atoms with Crippen LogP contribution in [0.3, 0.4) is 0 Å². The molecule has 2 aromatic rings. The number of likely N-dealkylation sites (N-methyl/N-ethyl adjacent to an activating group) is 1. The van der Waals surface area contributed by atoms with Crippen LogP contribution in [0.5, 0.6) is 11.5 Å². The average Bonchev–Trinajstić information content (AvgIpc) is 2.62. The zero-order valence-electron chi connectivity index (χ0n) is 14.9. The van der Waals surface area contributed by atoms with Gasteiger partial charge in [-0.1, -0.05) is 24.3 Å². The minimum absolute atomic E-state index is 0.105. The summed E-state index contributed by atoms with van der Waals surface area (Å²) in [7, 11) is 3.36. The lowest BCUT2D eigenvalue weighted by Crippen LogP contribution is -2.39. The highest BCUT2D eigenvalue weighted by atomic mass is 19.3. The zero-order valence-corrected chi connectivity index (χ0v) is 14.9. The van der Waals surface area contributed by atoms with Crippen molar-refractivity contribution in [3.05, 3.63) is 54.1 Å². The molecule has 0 unspecified atom stereocenters. The molecule has 0 aliphatic heterocycles. The van der Waals surface area contributed by atoms with E-state index in [1.165, 1.54) is 12.1 Å². The van der Waals surface area contributed by atoms with Gasteiger partial charge in [0.1, 0.15) is 11.5 Å². The van der Waals surface area contributed by atoms with Gasteiger partial charge in [0, 0.05) is 6.54 Å². The zero-order chi connectivity index (χ0) is 19.1. The molecule has 0 fully saturated rings. The number of rotatable bonds is 8. The maximum Gasteiger partial charge on any atom is 0.387 e. The lowest BCUT2D eigenvalue weighted by Gasteiger charge is -2.24. The van der Waals surface area contributed by atoms with Gasteiger partial charge < -0.3 is 14.8 Å². The third kappa shape index (κ3) is 5.42. The van der Waals surface area contributed by atoms with E-state index in [-0.39, 0.29) is 11.7 Å². The summed E-state index contributed by atoms with van der Waals surface area (Å²) in [4.78, 5) is 14.3. The standard InChI is InChI=1S/C19H22F2N2O3/c1-13(18(24)22-16-6-4-5-7-17(16)25-3)23(2)12-14-8-10-15(11-9-14)26-19(20)21/h4-11,13,19H,12H2,1-3H3,(H,22,24)/t13-/m0/s1. The number of amides is 1. The minimum atomic E-state index is -2.85. The van der Waals surface area contributed by atoms with Gasteiger partial charge in [-0.3, -0.25) is 9.69 Å². The Morgan fingerprint density at radius 1 is 1.15 bits per heavy atom. The predicted molar refractivity (Wildman–Crippen MR) is 95.6 cm³/mol. The Labute approximate surface area is 151 Å². The van der Waals surface area contributed by atoms with Crippen LogP contribution in [-0.4, -0.2) is 37.6 Å². The Morgan fingerprint density at radius 3 is 2.42 bits per heavy atom. The molecule has 0 aliphatic carbocycles. The summed E-state index contributed by atoms with van der Waals surface area (Å²) < 4.78 is 33.9. The lowest BCUT2D eigenvalue weighted by atomic mass is 10.1. The molecule has 26 heavy (non-hydrogen) atoms. The SMILES string of the molecule is COc1ccccc1NC(=O)[C@H](C)N(C)Cc1ccc(OC(F)F)cc1. The van der Waals surface area contributed by atoms with Gasteiger partial charge in [-0.2, -0.15) is 8.78 Å². The third-order valence-electron chi connectivity index (χ3n) is 3.99. The van der Waals surface area contributed by atoms with Gasteiger partial charge in [-0.25, -0.2) is 0 Å². The van der Waals surface area contributed by atoms with Crippen LogP contribution < -0.4 is 14.8 Å². The fraction of sp³-hybridized carbons (Fsp3) is 0.316. The first-order valence-corrected chi connectivity index (χ1v) is 8.08. The fourth-order valence-corrected chi connectivity index (χ4v) is 2.39. The van der Waals surface area contributed by atoms with Gasteiger partial charge in [0.15, 0.2) is 0 Å². The summed E-state index contributed by atoms with van der Waals surface area (Å²) in [6.45, 7) is -0.573. The number of carbonyl (C=O) groups excluding carboxylic acids is 1. The molecule has 2 rings (SSSR count). The molecule has 0 bridgehead atoms. The summed E-state index contributed by atoms with van der Waals surface area (Å²) in [6.07, 6.45) is 0. The monoisotopic (exact) mass is 364 g/mol. The van der Waals surface area contributed by atoms with Crippen molar-refractivity contribution in [2.45, 2.75) is 26.1 Å². The normalized spacial score (nSPS) is 12.1. The summed E-state index contributed by atoms with van der Waals surface area (Å²) >= 11 is 0. The van der Waals surface area contributed by atoms with Crippen LogP contribution >= 0.6 is 0 Å². The van der Waals surface area contributed by atoms with Crippen molar-refractivity contribution in [1.82, 2.24) is 4.90 Å². The van der Waals surface area contributed by atoms with Crippen LogP contribution in [0.4, 0.5) is 14.5 Å². The number of nitrogens with one attached hydrogen (secondary N) is 1. The van der Waals surface area contributed by atoms with Crippen LogP contribution in [0, 0.1) is 0 Å². The molecular formula is C19H22F2N2O3. The fourth-order valence-electron chi connectivity index (χ4n) is 2.39. The molecule has 7 heteroatoms. The Morgan fingerprint density at radius 2 is 1.81 bits per heavy atom. The second-order valence-electron chi connectivity index (χ2n) is 5.80. The number of anilines is 1. The number of methoxy groups -OCH3 is 1. The largest absolute Gasteiger partial charge is 0.495 e. The van der Waals surface area contributed by atoms with E-state index in [0.29, 0.717) is 18.0 Å². The predicted octanol–water partition coefficient (Wildman–Crippen LogP) is 3.76. The first-order chi connectivity index (χ1) is 12.4. The molecule has 0 saturated carbocycles. The van der Waals surface area contributed by atoms with Gasteiger partial charge in [0.05, 0.1) is 18.8 Å². The van der Waals surface area contributed by atoms with E-state index in [1.54, 1.807) is 38.3 Å². The first-order valence-electron chi connectivity index (χ1n) is 8.08. The van der Waals surface area contributed by atoms with Crippen molar-refractivity contribution >= 4 is 11.6 Å². The number of alkyl halides is 2. The molecule has 5 nitrogen and oxygen atoms in total. The summed E-state index contributed by atoms with van der Waals surface area (Å²) in [6, 6.07) is 13.1. The summed E-state index contributed by atoms with van der Waals surface area (Å²) in [5, 5.41) is 2.85. The van der Waals surface area contributed by atoms with E-state index >= 15 is 0 Å². The van der Waals surface area contributed by atoms with Crippen LogP contribution in [0.1, 0.15) is 12.5 Å². The molecule has 2 aromatic carbocycles. The van der Waals surface area contributed by atoms with E-state index in [0.717, 1.165) is 5.56 Å². The van der Waals surface area contributed by atoms with Gasteiger partial charge >= 0.3 is 6.61 Å². The molecule has 1 atom stereocenters. The molecule has 1 amide bonds. The molecule has 0 spiro atoms. The van der Waals surface area contributed by atoms with Gasteiger partial charge in [-0.05, 0) is 43.8 Å². The van der Waals surface area contributed by atoms with Crippen LogP contribution in [0.25, 0.3) is 0 Å². The van der Waals surface area contributed by atoms with Crippen molar-refractivity contribution in [3.63, 3.8) is 0 Å². The highest BCUT2D eigenvalue weighted by Crippen LogP contribution is 2.23. The Bertz CT molecular complexity index is 723. The molecule has 0 radical (unpaired) electrons. The molecular weight excluding hydrogens is 342 g/mol. The number of nitrogens with zero attached hydrogens (tertiary/aromatic N) is 1. The Hall–Kier alpha value is -2.67. The van der Waals surface area contributed by atoms with Crippen molar-refractivity contribution in [1.29, 1.82) is 0 Å². The highest BCUT2D eigenvalue weighted by Gasteiger charge is 2.19. The summed E-state index contributed by atoms with van der Waals surface area (Å²) in [5.74, 6) is 0.522. The number of hydrogen-bond acceptors (Lipinski definition) is 4. The van der Waals surface area contributed by atoms with E-state index in [9.17, 15) is 13.6 Å². The molecule has 1 N–H and O–H groups in total. The van der Waals surface area contributed by atoms with Crippen LogP contribution in [0.2, 0.25) is 0 Å². The maximum absolute atomic E-state index is 12.5. The molecule has 0 saturated heterocycles. The van der Waals surface area contributed by atoms with E-state index < -0.39 is 12.7 Å².